The summed E-state index contributed by atoms with van der Waals surface area (Å²) in [5, 5.41) is 2.86. The Labute approximate surface area is 178 Å². The summed E-state index contributed by atoms with van der Waals surface area (Å²) in [6.07, 6.45) is 0. The molecule has 0 radical (unpaired) electrons. The summed E-state index contributed by atoms with van der Waals surface area (Å²) in [4.78, 5) is 29.3. The molecule has 9 nitrogen and oxygen atoms in total. The van der Waals surface area contributed by atoms with Gasteiger partial charge in [0.05, 0.1) is 17.9 Å². The maximum atomic E-state index is 13.2. The Morgan fingerprint density at radius 3 is 2.30 bits per heavy atom. The van der Waals surface area contributed by atoms with Crippen LogP contribution >= 0.6 is 0 Å². The molecule has 1 N–H and O–H groups in total. The topological polar surface area (TPSA) is 93.3 Å². The number of para-hydroxylation sites is 2. The van der Waals surface area contributed by atoms with E-state index in [2.05, 4.69) is 5.32 Å². The molecule has 1 aromatic carbocycles. The number of amides is 2. The van der Waals surface area contributed by atoms with Gasteiger partial charge in [0.2, 0.25) is 11.8 Å². The molecule has 0 spiro atoms. The van der Waals surface area contributed by atoms with Crippen LogP contribution in [0.4, 0.5) is 11.4 Å². The van der Waals surface area contributed by atoms with Crippen LogP contribution in [-0.2, 0) is 19.8 Å². The van der Waals surface area contributed by atoms with E-state index in [9.17, 15) is 18.0 Å². The molecule has 0 atom stereocenters. The van der Waals surface area contributed by atoms with Gasteiger partial charge in [0.15, 0.2) is 0 Å². The number of hydrogen-bond acceptors (Lipinski definition) is 5. The molecule has 3 rings (SSSR count). The molecule has 0 saturated carbocycles. The van der Waals surface area contributed by atoms with Gasteiger partial charge in [-0.1, -0.05) is 26.0 Å². The lowest BCUT2D eigenvalue weighted by Crippen LogP contribution is -2.61. The first-order valence-electron chi connectivity index (χ1n) is 10.3. The molecule has 1 saturated heterocycles. The largest absolute Gasteiger partial charge is 0.322 e. The van der Waals surface area contributed by atoms with Crippen molar-refractivity contribution < 1.29 is 18.0 Å². The van der Waals surface area contributed by atoms with E-state index in [4.69, 9.17) is 0 Å². The van der Waals surface area contributed by atoms with E-state index in [1.807, 2.05) is 36.9 Å². The first kappa shape index (κ1) is 22.7. The van der Waals surface area contributed by atoms with Gasteiger partial charge in [0.1, 0.15) is 5.54 Å². The summed E-state index contributed by atoms with van der Waals surface area (Å²) in [6, 6.07) is 7.25. The third-order valence-corrected chi connectivity index (χ3v) is 7.99. The molecule has 0 aliphatic carbocycles. The molecule has 2 amide bonds. The minimum absolute atomic E-state index is 0.129. The van der Waals surface area contributed by atoms with E-state index in [1.165, 1.54) is 8.61 Å². The predicted molar refractivity (Wildman–Crippen MR) is 116 cm³/mol. The summed E-state index contributed by atoms with van der Waals surface area (Å²) in [5.74, 6) is -0.410. The normalized spacial score (nSPS) is 20.2. The average molecular weight is 438 g/mol. The van der Waals surface area contributed by atoms with Gasteiger partial charge in [0, 0.05) is 39.3 Å². The van der Waals surface area contributed by atoms with E-state index in [0.29, 0.717) is 50.6 Å². The van der Waals surface area contributed by atoms with Gasteiger partial charge in [-0.2, -0.15) is 17.0 Å². The van der Waals surface area contributed by atoms with Crippen molar-refractivity contribution in [2.75, 3.05) is 56.0 Å². The Bertz CT molecular complexity index is 906. The molecule has 166 valence electrons. The van der Waals surface area contributed by atoms with Crippen LogP contribution in [-0.4, -0.2) is 85.1 Å². The van der Waals surface area contributed by atoms with Crippen molar-refractivity contribution in [1.82, 2.24) is 13.5 Å². The molecule has 1 aromatic rings. The summed E-state index contributed by atoms with van der Waals surface area (Å²) >= 11 is 0. The Hall–Kier alpha value is -2.01. The van der Waals surface area contributed by atoms with Gasteiger partial charge in [-0.15, -0.1) is 0 Å². The molecule has 30 heavy (non-hydrogen) atoms. The molecule has 0 aromatic heterocycles. The lowest BCUT2D eigenvalue weighted by atomic mass is 9.96. The van der Waals surface area contributed by atoms with E-state index in [-0.39, 0.29) is 18.4 Å². The monoisotopic (exact) mass is 437 g/mol. The molecule has 0 bridgehead atoms. The fraction of sp³-hybridized carbons (Fsp3) is 0.600. The highest BCUT2D eigenvalue weighted by atomic mass is 32.2. The quantitative estimate of drug-likeness (QED) is 0.715. The maximum absolute atomic E-state index is 13.2. The van der Waals surface area contributed by atoms with E-state index < -0.39 is 15.7 Å². The molecule has 10 heteroatoms. The van der Waals surface area contributed by atoms with Gasteiger partial charge in [-0.25, -0.2) is 0 Å². The Morgan fingerprint density at radius 2 is 1.70 bits per heavy atom. The Morgan fingerprint density at radius 1 is 1.10 bits per heavy atom. The number of fused-ring (bicyclic) bond motifs is 1. The minimum Gasteiger partial charge on any atom is -0.322 e. The lowest BCUT2D eigenvalue weighted by Gasteiger charge is -2.43. The van der Waals surface area contributed by atoms with Crippen LogP contribution in [0.15, 0.2) is 24.3 Å². The Kier molecular flexibility index (Phi) is 6.51. The number of rotatable bonds is 6. The second-order valence-corrected chi connectivity index (χ2v) is 9.96. The Balaban J connectivity index is 1.70. The van der Waals surface area contributed by atoms with Crippen molar-refractivity contribution in [2.24, 2.45) is 0 Å². The predicted octanol–water partition coefficient (Wildman–Crippen LogP) is 0.955. The van der Waals surface area contributed by atoms with E-state index >= 15 is 0 Å². The molecular formula is C20H31N5O4S. The third-order valence-electron chi connectivity index (χ3n) is 5.81. The zero-order valence-corrected chi connectivity index (χ0v) is 18.9. The van der Waals surface area contributed by atoms with Crippen LogP contribution in [0.2, 0.25) is 0 Å². The highest BCUT2D eigenvalue weighted by molar-refractivity contribution is 7.86. The lowest BCUT2D eigenvalue weighted by molar-refractivity contribution is -0.127. The number of carbonyl (C=O) groups excluding carboxylic acids is 2. The van der Waals surface area contributed by atoms with Crippen molar-refractivity contribution in [2.45, 2.75) is 33.2 Å². The van der Waals surface area contributed by atoms with Crippen LogP contribution in [0.3, 0.4) is 0 Å². The number of hydrogen-bond donors (Lipinski definition) is 1. The fourth-order valence-corrected chi connectivity index (χ4v) is 5.60. The minimum atomic E-state index is -3.47. The van der Waals surface area contributed by atoms with Gasteiger partial charge in [0.25, 0.3) is 10.2 Å². The second kappa shape index (κ2) is 8.62. The third kappa shape index (κ3) is 4.09. The van der Waals surface area contributed by atoms with Crippen molar-refractivity contribution in [3.63, 3.8) is 0 Å². The number of nitrogens with one attached hydrogen (secondary N) is 1. The first-order valence-corrected chi connectivity index (χ1v) is 11.7. The standard InChI is InChI=1S/C20H31N5O4S/c1-5-23(6-2)30(28,29)24-13-11-22(12-14-24)15-18(26)25-17-10-8-7-9-16(17)21-19(27)20(25,3)4/h7-10H,5-6,11-15H2,1-4H3,(H,21,27). The zero-order valence-electron chi connectivity index (χ0n) is 18.1. The first-order chi connectivity index (χ1) is 14.1. The van der Waals surface area contributed by atoms with Gasteiger partial charge in [-0.05, 0) is 26.0 Å². The second-order valence-electron chi connectivity index (χ2n) is 8.03. The van der Waals surface area contributed by atoms with Crippen LogP contribution in [0, 0.1) is 0 Å². The van der Waals surface area contributed by atoms with E-state index in [1.54, 1.807) is 24.8 Å². The number of carbonyl (C=O) groups is 2. The fourth-order valence-electron chi connectivity index (χ4n) is 3.99. The van der Waals surface area contributed by atoms with Crippen LogP contribution < -0.4 is 10.2 Å². The highest BCUT2D eigenvalue weighted by Crippen LogP contribution is 2.36. The van der Waals surface area contributed by atoms with Crippen molar-refractivity contribution in [3.8, 4) is 0 Å². The van der Waals surface area contributed by atoms with Crippen LogP contribution in [0.25, 0.3) is 0 Å². The molecule has 1 fully saturated rings. The number of piperazine rings is 1. The number of anilines is 2. The summed E-state index contributed by atoms with van der Waals surface area (Å²) < 4.78 is 28.3. The van der Waals surface area contributed by atoms with Gasteiger partial charge < -0.3 is 5.32 Å². The average Bonchev–Trinajstić information content (AvgIpc) is 2.69. The zero-order chi connectivity index (χ0) is 22.1. The van der Waals surface area contributed by atoms with Gasteiger partial charge in [-0.3, -0.25) is 19.4 Å². The molecule has 2 heterocycles. The van der Waals surface area contributed by atoms with Crippen LogP contribution in [0.5, 0.6) is 0 Å². The van der Waals surface area contributed by atoms with Crippen molar-refractivity contribution in [3.05, 3.63) is 24.3 Å². The highest BCUT2D eigenvalue weighted by Gasteiger charge is 2.44. The van der Waals surface area contributed by atoms with E-state index in [0.717, 1.165) is 0 Å². The molecule has 2 aliphatic heterocycles. The summed E-state index contributed by atoms with van der Waals surface area (Å²) in [7, 11) is -3.47. The maximum Gasteiger partial charge on any atom is 0.282 e. The molecular weight excluding hydrogens is 406 g/mol. The van der Waals surface area contributed by atoms with Crippen LogP contribution in [0.1, 0.15) is 27.7 Å². The summed E-state index contributed by atoms with van der Waals surface area (Å²) in [6.45, 7) is 9.71. The summed E-state index contributed by atoms with van der Waals surface area (Å²) in [5.41, 5.74) is 0.277. The van der Waals surface area contributed by atoms with Crippen molar-refractivity contribution in [1.29, 1.82) is 0 Å². The smallest absolute Gasteiger partial charge is 0.282 e. The molecule has 0 unspecified atom stereocenters. The molecule has 2 aliphatic rings. The van der Waals surface area contributed by atoms with Gasteiger partial charge >= 0.3 is 0 Å². The number of benzene rings is 1. The SMILES string of the molecule is CCN(CC)S(=O)(=O)N1CCN(CC(=O)N2c3ccccc3NC(=O)C2(C)C)CC1. The number of nitrogens with zero attached hydrogens (tertiary/aromatic N) is 4. The van der Waals surface area contributed by atoms with Crippen molar-refractivity contribution >= 4 is 33.4 Å².